The van der Waals surface area contributed by atoms with E-state index in [4.69, 9.17) is 32.7 Å². The maximum absolute atomic E-state index is 13.8. The second kappa shape index (κ2) is 10.1. The summed E-state index contributed by atoms with van der Waals surface area (Å²) in [7, 11) is 1.37. The van der Waals surface area contributed by atoms with E-state index in [1.165, 1.54) is 43.5 Å². The van der Waals surface area contributed by atoms with E-state index in [1.807, 2.05) is 0 Å². The van der Waals surface area contributed by atoms with Gasteiger partial charge in [-0.25, -0.2) is 8.78 Å². The SMILES string of the molecule is COc1ccc(/C=C/C(=O)c2ccc(Cl)c(Cl)c2)cc1COc1c(F)c(F)cc(F)c1F. The van der Waals surface area contributed by atoms with Gasteiger partial charge in [-0.2, -0.15) is 8.78 Å². The molecule has 166 valence electrons. The highest BCUT2D eigenvalue weighted by Crippen LogP contribution is 2.29. The number of carbonyl (C=O) groups is 1. The number of carbonyl (C=O) groups excluding carboxylic acids is 1. The molecule has 0 aliphatic carbocycles. The van der Waals surface area contributed by atoms with Crippen molar-refractivity contribution in [2.45, 2.75) is 6.61 Å². The Balaban J connectivity index is 1.82. The molecule has 0 N–H and O–H groups in total. The van der Waals surface area contributed by atoms with Crippen molar-refractivity contribution in [3.8, 4) is 11.5 Å². The summed E-state index contributed by atoms with van der Waals surface area (Å²) in [5, 5.41) is 0.557. The van der Waals surface area contributed by atoms with Crippen molar-refractivity contribution in [1.29, 1.82) is 0 Å². The Labute approximate surface area is 190 Å². The predicted molar refractivity (Wildman–Crippen MR) is 113 cm³/mol. The molecule has 0 amide bonds. The Hall–Kier alpha value is -3.03. The lowest BCUT2D eigenvalue weighted by Gasteiger charge is -2.13. The molecular formula is C23H14Cl2F4O3. The molecule has 0 saturated carbocycles. The molecule has 0 bridgehead atoms. The molecule has 32 heavy (non-hydrogen) atoms. The van der Waals surface area contributed by atoms with Crippen LogP contribution in [0.1, 0.15) is 21.5 Å². The van der Waals surface area contributed by atoms with Crippen LogP contribution in [0.15, 0.2) is 48.5 Å². The molecule has 3 rings (SSSR count). The first kappa shape index (κ1) is 23.6. The number of benzene rings is 3. The minimum absolute atomic E-state index is 0.0917. The normalized spacial score (nSPS) is 11.1. The lowest BCUT2D eigenvalue weighted by Crippen LogP contribution is -2.05. The first-order valence-electron chi connectivity index (χ1n) is 9.01. The molecule has 0 fully saturated rings. The molecule has 3 nitrogen and oxygen atoms in total. The van der Waals surface area contributed by atoms with Gasteiger partial charge in [0.05, 0.1) is 17.2 Å². The van der Waals surface area contributed by atoms with E-state index in [2.05, 4.69) is 0 Å². The fourth-order valence-electron chi connectivity index (χ4n) is 2.76. The van der Waals surface area contributed by atoms with E-state index in [-0.39, 0.29) is 16.9 Å². The Morgan fingerprint density at radius 1 is 0.938 bits per heavy atom. The number of ketones is 1. The van der Waals surface area contributed by atoms with Crippen LogP contribution in [0.2, 0.25) is 10.0 Å². The fraction of sp³-hybridized carbons (Fsp3) is 0.0870. The van der Waals surface area contributed by atoms with Crippen molar-refractivity contribution in [2.75, 3.05) is 7.11 Å². The lowest BCUT2D eigenvalue weighted by molar-refractivity contribution is 0.104. The molecule has 0 aromatic heterocycles. The zero-order chi connectivity index (χ0) is 23.4. The number of methoxy groups -OCH3 is 1. The maximum Gasteiger partial charge on any atom is 0.203 e. The first-order chi connectivity index (χ1) is 15.2. The van der Waals surface area contributed by atoms with Gasteiger partial charge >= 0.3 is 0 Å². The summed E-state index contributed by atoms with van der Waals surface area (Å²) in [6.07, 6.45) is 2.80. The zero-order valence-electron chi connectivity index (χ0n) is 16.4. The summed E-state index contributed by atoms with van der Waals surface area (Å²) in [5.41, 5.74) is 1.18. The van der Waals surface area contributed by atoms with Crippen LogP contribution < -0.4 is 9.47 Å². The van der Waals surface area contributed by atoms with Gasteiger partial charge in [0, 0.05) is 17.2 Å². The minimum Gasteiger partial charge on any atom is -0.496 e. The van der Waals surface area contributed by atoms with Gasteiger partial charge in [0.2, 0.25) is 11.6 Å². The van der Waals surface area contributed by atoms with Crippen molar-refractivity contribution < 1.29 is 31.8 Å². The Morgan fingerprint density at radius 3 is 2.25 bits per heavy atom. The Bertz CT molecular complexity index is 1190. The van der Waals surface area contributed by atoms with Crippen LogP contribution in [0.3, 0.4) is 0 Å². The van der Waals surface area contributed by atoms with Gasteiger partial charge in [0.1, 0.15) is 12.4 Å². The van der Waals surface area contributed by atoms with Crippen LogP contribution in [0.5, 0.6) is 11.5 Å². The molecule has 0 unspecified atom stereocenters. The van der Waals surface area contributed by atoms with Gasteiger partial charge in [0.15, 0.2) is 23.2 Å². The van der Waals surface area contributed by atoms with Gasteiger partial charge in [0.25, 0.3) is 0 Å². The maximum atomic E-state index is 13.8. The molecular weight excluding hydrogens is 471 g/mol. The molecule has 0 spiro atoms. The van der Waals surface area contributed by atoms with Gasteiger partial charge < -0.3 is 9.47 Å². The van der Waals surface area contributed by atoms with Crippen LogP contribution >= 0.6 is 23.2 Å². The summed E-state index contributed by atoms with van der Waals surface area (Å²) in [5.74, 6) is -7.67. The molecule has 3 aromatic rings. The zero-order valence-corrected chi connectivity index (χ0v) is 17.9. The third-order valence-corrected chi connectivity index (χ3v) is 5.12. The van der Waals surface area contributed by atoms with Crippen molar-refractivity contribution in [1.82, 2.24) is 0 Å². The topological polar surface area (TPSA) is 35.5 Å². The lowest BCUT2D eigenvalue weighted by atomic mass is 10.1. The standard InChI is InChI=1S/C23H14Cl2F4O3/c1-31-20-7-3-12(2-6-19(30)13-4-5-15(24)16(25)9-13)8-14(20)11-32-23-21(28)17(26)10-18(27)22(23)29/h2-10H,11H2,1H3/b6-2+. The van der Waals surface area contributed by atoms with E-state index < -0.39 is 35.6 Å². The van der Waals surface area contributed by atoms with Crippen LogP contribution in [-0.4, -0.2) is 12.9 Å². The Kier molecular flexibility index (Phi) is 7.43. The highest BCUT2D eigenvalue weighted by molar-refractivity contribution is 6.42. The van der Waals surface area contributed by atoms with Crippen LogP contribution in [-0.2, 0) is 6.61 Å². The van der Waals surface area contributed by atoms with Gasteiger partial charge in [-0.15, -0.1) is 0 Å². The fourth-order valence-corrected chi connectivity index (χ4v) is 3.06. The molecule has 0 heterocycles. The number of rotatable bonds is 7. The average Bonchev–Trinajstić information content (AvgIpc) is 2.78. The molecule has 9 heteroatoms. The number of halogens is 6. The average molecular weight is 485 g/mol. The third kappa shape index (κ3) is 5.23. The largest absolute Gasteiger partial charge is 0.496 e. The summed E-state index contributed by atoms with van der Waals surface area (Å²) < 4.78 is 64.6. The van der Waals surface area contributed by atoms with Gasteiger partial charge in [-0.3, -0.25) is 4.79 Å². The van der Waals surface area contributed by atoms with Crippen molar-refractivity contribution >= 4 is 35.1 Å². The van der Waals surface area contributed by atoms with Crippen LogP contribution in [0, 0.1) is 23.3 Å². The first-order valence-corrected chi connectivity index (χ1v) is 9.77. The number of allylic oxidation sites excluding steroid dienone is 1. The van der Waals surface area contributed by atoms with Crippen molar-refractivity contribution in [3.05, 3.63) is 98.5 Å². The monoisotopic (exact) mass is 484 g/mol. The minimum atomic E-state index is -1.65. The van der Waals surface area contributed by atoms with Crippen LogP contribution in [0.4, 0.5) is 17.6 Å². The second-order valence-corrected chi connectivity index (χ2v) is 7.30. The van der Waals surface area contributed by atoms with Crippen molar-refractivity contribution in [3.63, 3.8) is 0 Å². The summed E-state index contributed by atoms with van der Waals surface area (Å²) in [4.78, 5) is 12.3. The third-order valence-electron chi connectivity index (χ3n) is 4.38. The number of hydrogen-bond donors (Lipinski definition) is 0. The predicted octanol–water partition coefficient (Wildman–Crippen LogP) is 7.03. The number of ether oxygens (including phenoxy) is 2. The van der Waals surface area contributed by atoms with E-state index in [0.29, 0.717) is 27.5 Å². The van der Waals surface area contributed by atoms with E-state index in [1.54, 1.807) is 12.1 Å². The molecule has 0 radical (unpaired) electrons. The van der Waals surface area contributed by atoms with E-state index in [0.717, 1.165) is 0 Å². The summed E-state index contributed by atoms with van der Waals surface area (Å²) in [6.45, 7) is -0.456. The quantitative estimate of drug-likeness (QED) is 0.156. The van der Waals surface area contributed by atoms with Crippen molar-refractivity contribution in [2.24, 2.45) is 0 Å². The van der Waals surface area contributed by atoms with Gasteiger partial charge in [-0.1, -0.05) is 35.3 Å². The van der Waals surface area contributed by atoms with E-state index >= 15 is 0 Å². The Morgan fingerprint density at radius 2 is 1.62 bits per heavy atom. The second-order valence-electron chi connectivity index (χ2n) is 6.48. The molecule has 0 atom stereocenters. The number of hydrogen-bond acceptors (Lipinski definition) is 3. The smallest absolute Gasteiger partial charge is 0.203 e. The summed E-state index contributed by atoms with van der Waals surface area (Å²) in [6, 6.07) is 9.25. The highest BCUT2D eigenvalue weighted by atomic mass is 35.5. The molecule has 0 aliphatic heterocycles. The molecule has 0 saturated heterocycles. The summed E-state index contributed by atoms with van der Waals surface area (Å²) >= 11 is 11.8. The van der Waals surface area contributed by atoms with Crippen LogP contribution in [0.25, 0.3) is 6.08 Å². The van der Waals surface area contributed by atoms with E-state index in [9.17, 15) is 22.4 Å². The molecule has 3 aromatic carbocycles. The molecule has 0 aliphatic rings. The highest BCUT2D eigenvalue weighted by Gasteiger charge is 2.21. The van der Waals surface area contributed by atoms with Gasteiger partial charge in [-0.05, 0) is 42.0 Å².